The first kappa shape index (κ1) is 93.1. The zero-order valence-electron chi connectivity index (χ0n) is 67.7. The number of esters is 9. The lowest BCUT2D eigenvalue weighted by atomic mass is 9.77. The zero-order chi connectivity index (χ0) is 85.0. The molecular weight excluding hydrogens is 1490 g/mol. The molecule has 0 bridgehead atoms. The molecule has 9 rings (SSSR count). The Morgan fingerprint density at radius 3 is 1.24 bits per heavy atom. The summed E-state index contributed by atoms with van der Waals surface area (Å²) in [5.74, 6) is 0.113. The van der Waals surface area contributed by atoms with Gasteiger partial charge >= 0.3 is 62.5 Å². The van der Waals surface area contributed by atoms with E-state index in [1.807, 2.05) is 99.6 Å². The predicted octanol–water partition coefficient (Wildman–Crippen LogP) is 18.1. The fourth-order valence-corrected chi connectivity index (χ4v) is 13.5. The molecule has 24 heteroatoms. The molecule has 0 atom stereocenters. The predicted molar refractivity (Wildman–Crippen MR) is 443 cm³/mol. The highest BCUT2D eigenvalue weighted by molar-refractivity contribution is 6.60. The molecule has 0 radical (unpaired) electrons. The van der Waals surface area contributed by atoms with E-state index in [9.17, 15) is 47.9 Å². The summed E-state index contributed by atoms with van der Waals surface area (Å²) in [6.45, 7) is 40.2. The van der Waals surface area contributed by atoms with Gasteiger partial charge < -0.3 is 61.2 Å². The van der Waals surface area contributed by atoms with E-state index in [2.05, 4.69) is 45.5 Å². The van der Waals surface area contributed by atoms with Crippen LogP contribution in [0.3, 0.4) is 0 Å². The third-order valence-corrected chi connectivity index (χ3v) is 19.4. The normalized spacial score (nSPS) is 10.6. The maximum Gasteiger partial charge on any atom is 0.500 e. The van der Waals surface area contributed by atoms with Crippen LogP contribution in [0.15, 0.2) is 219 Å². The SMILES string of the molecule is C=C(C)C(=O)Oc1ccc2ccc(OC(=O)C(=C)C)cc2c1.C=CCc1cc(C(C)(C)c2ccc(OC(C)=O)c(CC=C)c2)ccc1OC(C)=O.CCC(=O)Oc1cc2ccccc2cc1OC(C)=O.CCC(=O)Oc1ccc2c(OC(C)=O)cccc2c1.CCO[Si](CCCNC(=O)c1ccc(OC(C)=O)cc1)(OCC)OCC. The van der Waals surface area contributed by atoms with Crippen molar-refractivity contribution in [3.05, 3.63) is 247 Å². The molecule has 0 spiro atoms. The van der Waals surface area contributed by atoms with Crippen molar-refractivity contribution in [1.82, 2.24) is 5.32 Å². The van der Waals surface area contributed by atoms with Gasteiger partial charge in [-0.3, -0.25) is 38.4 Å². The van der Waals surface area contributed by atoms with Crippen LogP contribution in [0, 0.1) is 0 Å². The molecule has 9 aromatic carbocycles. The third-order valence-electron chi connectivity index (χ3n) is 16.3. The first-order valence-corrected chi connectivity index (χ1v) is 39.1. The Morgan fingerprint density at radius 2 is 0.800 bits per heavy atom. The van der Waals surface area contributed by atoms with Crippen molar-refractivity contribution in [1.29, 1.82) is 0 Å². The highest BCUT2D eigenvalue weighted by Gasteiger charge is 2.39. The van der Waals surface area contributed by atoms with Crippen LogP contribution in [-0.4, -0.2) is 94.8 Å². The second-order valence-electron chi connectivity index (χ2n) is 26.0. The molecule has 606 valence electrons. The third kappa shape index (κ3) is 30.5. The topological polar surface area (TPSA) is 293 Å². The van der Waals surface area contributed by atoms with Crippen molar-refractivity contribution in [2.75, 3.05) is 26.4 Å². The molecule has 1 N–H and O–H groups in total. The van der Waals surface area contributed by atoms with E-state index in [0.717, 1.165) is 54.6 Å². The summed E-state index contributed by atoms with van der Waals surface area (Å²) < 4.78 is 63.9. The van der Waals surface area contributed by atoms with Gasteiger partial charge in [0.15, 0.2) is 11.5 Å². The average molecular weight is 1590 g/mol. The summed E-state index contributed by atoms with van der Waals surface area (Å²) >= 11 is 0. The number of rotatable bonds is 30. The highest BCUT2D eigenvalue weighted by atomic mass is 28.4. The Bertz CT molecular complexity index is 4830. The van der Waals surface area contributed by atoms with Crippen LogP contribution in [-0.2, 0) is 74.7 Å². The van der Waals surface area contributed by atoms with Gasteiger partial charge in [-0.15, -0.1) is 13.2 Å². The van der Waals surface area contributed by atoms with Crippen molar-refractivity contribution >= 4 is 101 Å². The Balaban J connectivity index is 0.000000259. The van der Waals surface area contributed by atoms with Crippen LogP contribution in [0.2, 0.25) is 6.04 Å². The summed E-state index contributed by atoms with van der Waals surface area (Å²) in [4.78, 5) is 114. The van der Waals surface area contributed by atoms with E-state index in [-0.39, 0.29) is 59.1 Å². The van der Waals surface area contributed by atoms with Crippen LogP contribution in [0.1, 0.15) is 149 Å². The first-order chi connectivity index (χ1) is 54.7. The summed E-state index contributed by atoms with van der Waals surface area (Å²) in [5.41, 5.74) is 4.80. The minimum Gasteiger partial charge on any atom is -0.427 e. The van der Waals surface area contributed by atoms with E-state index in [1.54, 1.807) is 131 Å². The van der Waals surface area contributed by atoms with E-state index in [1.165, 1.54) is 34.6 Å². The molecule has 0 aliphatic rings. The highest BCUT2D eigenvalue weighted by Crippen LogP contribution is 2.38. The maximum atomic E-state index is 12.2. The van der Waals surface area contributed by atoms with Crippen molar-refractivity contribution in [2.45, 2.75) is 140 Å². The van der Waals surface area contributed by atoms with Gasteiger partial charge in [0.05, 0.1) is 0 Å². The molecule has 0 aliphatic heterocycles. The minimum atomic E-state index is -2.67. The van der Waals surface area contributed by atoms with Crippen molar-refractivity contribution < 1.29 is 104 Å². The number of carbonyl (C=O) groups is 10. The number of allylic oxidation sites excluding steroid dienone is 2. The number of hydrogen-bond donors (Lipinski definition) is 1. The van der Waals surface area contributed by atoms with E-state index >= 15 is 0 Å². The number of amides is 1. The molecule has 0 heterocycles. The lowest BCUT2D eigenvalue weighted by molar-refractivity contribution is -0.136. The second kappa shape index (κ2) is 46.5. The van der Waals surface area contributed by atoms with Gasteiger partial charge in [0.1, 0.15) is 40.2 Å². The molecule has 0 aliphatic carbocycles. The Labute approximate surface area is 672 Å². The molecular formula is C91H101NO22Si. The standard InChI is InChI=1S/C25H28O4.C18H29NO6Si.C18H16O4.2C15H14O4/c1-7-9-19-15-21(11-13-23(19)28-17(3)26)25(5,6)22-12-14-24(29-18(4)27)20(16-22)10-8-2;1-5-22-26(23-6-2,24-7-3)14-8-13-19-18(21)16-9-11-17(12-10-16)25-15(4)20;1-11(2)17(19)21-15-7-5-13-6-8-16(10-14(13)9-15)22-18(20)12(3)4;1-3-15(17)19-12-7-8-13-11(9-12)5-4-6-14(13)18-10(2)16;1-3-15(17)19-14-9-12-7-5-4-6-11(12)8-13(14)18-10(2)16/h7-8,11-16H,1-2,9-10H2,3-6H3;9-12H,5-8,13-14H2,1-4H3,(H,19,21);5-10H,1,3H2,2,4H3;2*4-9H,3H2,1-2H3. The van der Waals surface area contributed by atoms with Crippen LogP contribution < -0.4 is 47.9 Å². The van der Waals surface area contributed by atoms with E-state index < -0.39 is 32.7 Å². The van der Waals surface area contributed by atoms with Crippen molar-refractivity contribution in [3.63, 3.8) is 0 Å². The number of fused-ring (bicyclic) bond motifs is 3. The fourth-order valence-electron chi connectivity index (χ4n) is 10.9. The second-order valence-corrected chi connectivity index (χ2v) is 28.8. The van der Waals surface area contributed by atoms with Gasteiger partial charge in [-0.2, -0.15) is 0 Å². The first-order valence-electron chi connectivity index (χ1n) is 37.2. The van der Waals surface area contributed by atoms with Crippen molar-refractivity contribution in [3.8, 4) is 51.7 Å². The van der Waals surface area contributed by atoms with Crippen LogP contribution in [0.4, 0.5) is 0 Å². The Hall–Kier alpha value is -12.5. The Kier molecular flexibility index (Phi) is 37.7. The molecule has 0 saturated heterocycles. The monoisotopic (exact) mass is 1590 g/mol. The molecule has 0 aromatic heterocycles. The number of benzene rings is 9. The Morgan fingerprint density at radius 1 is 0.391 bits per heavy atom. The smallest absolute Gasteiger partial charge is 0.427 e. The molecule has 0 fully saturated rings. The van der Waals surface area contributed by atoms with Gasteiger partial charge in [-0.25, -0.2) is 9.59 Å². The summed E-state index contributed by atoms with van der Waals surface area (Å²) in [6.07, 6.45) is 6.05. The van der Waals surface area contributed by atoms with Gasteiger partial charge in [-0.05, 0) is 200 Å². The lowest BCUT2D eigenvalue weighted by Gasteiger charge is -2.28. The van der Waals surface area contributed by atoms with Gasteiger partial charge in [0.25, 0.3) is 5.91 Å². The van der Waals surface area contributed by atoms with Crippen LogP contribution >= 0.6 is 0 Å². The number of hydrogen-bond acceptors (Lipinski definition) is 22. The van der Waals surface area contributed by atoms with Gasteiger partial charge in [0.2, 0.25) is 0 Å². The number of carbonyl (C=O) groups excluding carboxylic acids is 10. The molecule has 0 unspecified atom stereocenters. The minimum absolute atomic E-state index is 0.184. The summed E-state index contributed by atoms with van der Waals surface area (Å²) in [6, 6.07) is 50.7. The van der Waals surface area contributed by atoms with Crippen LogP contribution in [0.5, 0.6) is 51.7 Å². The maximum absolute atomic E-state index is 12.2. The zero-order valence-corrected chi connectivity index (χ0v) is 68.7. The quantitative estimate of drug-likeness (QED) is 0.0109. The van der Waals surface area contributed by atoms with Crippen LogP contribution in [0.25, 0.3) is 32.3 Å². The average Bonchev–Trinajstić information content (AvgIpc) is 0.782. The van der Waals surface area contributed by atoms with Crippen molar-refractivity contribution in [2.24, 2.45) is 0 Å². The van der Waals surface area contributed by atoms with E-state index in [0.29, 0.717) is 115 Å². The van der Waals surface area contributed by atoms with Gasteiger partial charge in [0, 0.05) is 107 Å². The molecule has 1 amide bonds. The summed E-state index contributed by atoms with van der Waals surface area (Å²) in [5, 5.41) is 8.07. The van der Waals surface area contributed by atoms with E-state index in [4.69, 9.17) is 55.9 Å². The molecule has 23 nitrogen and oxygen atoms in total. The number of ether oxygens (including phenoxy) is 9. The lowest BCUT2D eigenvalue weighted by Crippen LogP contribution is -2.46. The number of nitrogens with one attached hydrogen (secondary N) is 1. The summed E-state index contributed by atoms with van der Waals surface area (Å²) in [7, 11) is -2.67. The largest absolute Gasteiger partial charge is 0.500 e. The fraction of sp³-hybridized carbons (Fsp3) is 0.275. The molecule has 115 heavy (non-hydrogen) atoms. The molecule has 9 aromatic rings. The van der Waals surface area contributed by atoms with Gasteiger partial charge in [-0.1, -0.05) is 126 Å². The molecule has 0 saturated carbocycles.